The fourth-order valence-electron chi connectivity index (χ4n) is 1.27. The van der Waals surface area contributed by atoms with E-state index in [1.807, 2.05) is 30.3 Å². The zero-order valence-electron chi connectivity index (χ0n) is 8.85. The number of halogens is 1. The van der Waals surface area contributed by atoms with E-state index >= 15 is 0 Å². The van der Waals surface area contributed by atoms with Crippen LogP contribution in [-0.2, 0) is 0 Å². The number of nitrogens with zero attached hydrogens (tertiary/aromatic N) is 1. The Hall–Kier alpha value is -1.33. The summed E-state index contributed by atoms with van der Waals surface area (Å²) in [5.74, 6) is 0.0568. The van der Waals surface area contributed by atoms with E-state index in [0.717, 1.165) is 14.4 Å². The number of nitrogen functional groups attached to an aromatic ring is 1. The lowest BCUT2D eigenvalue weighted by atomic mass is 10.2. The Morgan fingerprint density at radius 2 is 2.06 bits per heavy atom. The number of hydrogen-bond acceptors (Lipinski definition) is 3. The summed E-state index contributed by atoms with van der Waals surface area (Å²) < 4.78 is 1.03. The summed E-state index contributed by atoms with van der Waals surface area (Å²) in [7, 11) is 0. The van der Waals surface area contributed by atoms with Crippen molar-refractivity contribution in [1.82, 2.24) is 4.98 Å². The molecule has 17 heavy (non-hydrogen) atoms. The van der Waals surface area contributed by atoms with E-state index < -0.39 is 0 Å². The van der Waals surface area contributed by atoms with Gasteiger partial charge in [0.15, 0.2) is 0 Å². The van der Waals surface area contributed by atoms with Crippen LogP contribution in [-0.4, -0.2) is 10.8 Å². The Morgan fingerprint density at radius 1 is 1.29 bits per heavy atom. The average molecular weight is 308 g/mol. The Morgan fingerprint density at radius 3 is 2.76 bits per heavy atom. The highest BCUT2D eigenvalue weighted by atomic mass is 79.9. The fraction of sp³-hybridized carbons (Fsp3) is 0. The predicted octanol–water partition coefficient (Wildman–Crippen LogP) is 3.28. The molecule has 2 rings (SSSR count). The molecule has 5 heteroatoms. The lowest BCUT2D eigenvalue weighted by Crippen LogP contribution is -2.10. The molecule has 0 fully saturated rings. The van der Waals surface area contributed by atoms with Crippen LogP contribution in [0.5, 0.6) is 0 Å². The number of pyridine rings is 1. The van der Waals surface area contributed by atoms with Gasteiger partial charge < -0.3 is 5.73 Å². The van der Waals surface area contributed by atoms with Gasteiger partial charge in [-0.3, -0.25) is 5.41 Å². The smallest absolute Gasteiger partial charge is 0.122 e. The van der Waals surface area contributed by atoms with Gasteiger partial charge in [-0.05, 0) is 40.2 Å². The monoisotopic (exact) mass is 307 g/mol. The minimum atomic E-state index is 0.0568. The first-order chi connectivity index (χ1) is 8.16. The van der Waals surface area contributed by atoms with Crippen LogP contribution in [0, 0.1) is 5.41 Å². The molecule has 1 heterocycles. The van der Waals surface area contributed by atoms with Crippen LogP contribution >= 0.6 is 27.7 Å². The molecule has 0 aliphatic carbocycles. The van der Waals surface area contributed by atoms with Gasteiger partial charge in [0.1, 0.15) is 10.9 Å². The third-order valence-corrected chi connectivity index (χ3v) is 4.06. The maximum absolute atomic E-state index is 7.39. The molecule has 0 radical (unpaired) electrons. The Balaban J connectivity index is 2.28. The minimum absolute atomic E-state index is 0.0568. The molecule has 2 aromatic rings. The summed E-state index contributed by atoms with van der Waals surface area (Å²) in [5, 5.41) is 8.21. The van der Waals surface area contributed by atoms with Crippen LogP contribution in [0.1, 0.15) is 5.56 Å². The van der Waals surface area contributed by atoms with Gasteiger partial charge in [-0.25, -0.2) is 4.98 Å². The van der Waals surface area contributed by atoms with Crippen molar-refractivity contribution in [2.45, 2.75) is 9.92 Å². The SMILES string of the molecule is N=C(N)c1ccnc(Sc2ccccc2Br)c1. The first-order valence-electron chi connectivity index (χ1n) is 4.89. The predicted molar refractivity (Wildman–Crippen MR) is 73.5 cm³/mol. The highest BCUT2D eigenvalue weighted by molar-refractivity contribution is 9.10. The highest BCUT2D eigenvalue weighted by Gasteiger charge is 2.04. The van der Waals surface area contributed by atoms with Gasteiger partial charge in [0.05, 0.1) is 0 Å². The van der Waals surface area contributed by atoms with Crippen LogP contribution in [0.15, 0.2) is 57.0 Å². The molecule has 1 aromatic heterocycles. The summed E-state index contributed by atoms with van der Waals surface area (Å²) in [5.41, 5.74) is 6.13. The molecule has 3 N–H and O–H groups in total. The molecule has 0 saturated heterocycles. The van der Waals surface area contributed by atoms with E-state index in [-0.39, 0.29) is 5.84 Å². The van der Waals surface area contributed by atoms with Gasteiger partial charge in [-0.1, -0.05) is 23.9 Å². The topological polar surface area (TPSA) is 62.8 Å². The van der Waals surface area contributed by atoms with Crippen molar-refractivity contribution in [2.24, 2.45) is 5.73 Å². The van der Waals surface area contributed by atoms with E-state index in [1.54, 1.807) is 12.3 Å². The van der Waals surface area contributed by atoms with Crippen LogP contribution < -0.4 is 5.73 Å². The molecule has 0 aliphatic heterocycles. The van der Waals surface area contributed by atoms with E-state index in [9.17, 15) is 0 Å². The van der Waals surface area contributed by atoms with Gasteiger partial charge in [-0.15, -0.1) is 0 Å². The number of amidine groups is 1. The maximum Gasteiger partial charge on any atom is 0.122 e. The summed E-state index contributed by atoms with van der Waals surface area (Å²) in [6, 6.07) is 11.5. The molecule has 0 amide bonds. The standard InChI is InChI=1S/C12H10BrN3S/c13-9-3-1-2-4-10(9)17-11-7-8(12(14)15)5-6-16-11/h1-7H,(H3,14,15). The van der Waals surface area contributed by atoms with Crippen molar-refractivity contribution in [3.63, 3.8) is 0 Å². The third kappa shape index (κ3) is 3.08. The van der Waals surface area contributed by atoms with Crippen LogP contribution in [0.2, 0.25) is 0 Å². The molecule has 0 unspecified atom stereocenters. The number of nitrogens with one attached hydrogen (secondary N) is 1. The van der Waals surface area contributed by atoms with Crippen molar-refractivity contribution in [1.29, 1.82) is 5.41 Å². The van der Waals surface area contributed by atoms with Gasteiger partial charge >= 0.3 is 0 Å². The summed E-state index contributed by atoms with van der Waals surface area (Å²) in [6.07, 6.45) is 1.66. The molecule has 86 valence electrons. The second-order valence-corrected chi connectivity index (χ2v) is 5.25. The zero-order chi connectivity index (χ0) is 12.3. The molecule has 1 aromatic carbocycles. The van der Waals surface area contributed by atoms with Crippen LogP contribution in [0.25, 0.3) is 0 Å². The van der Waals surface area contributed by atoms with E-state index in [4.69, 9.17) is 11.1 Å². The van der Waals surface area contributed by atoms with Crippen molar-refractivity contribution in [3.05, 3.63) is 52.6 Å². The minimum Gasteiger partial charge on any atom is -0.384 e. The first kappa shape index (κ1) is 12.1. The van der Waals surface area contributed by atoms with E-state index in [2.05, 4.69) is 20.9 Å². The Labute approximate surface area is 112 Å². The lowest BCUT2D eigenvalue weighted by molar-refractivity contribution is 1.12. The van der Waals surface area contributed by atoms with E-state index in [1.165, 1.54) is 11.8 Å². The summed E-state index contributed by atoms with van der Waals surface area (Å²) in [4.78, 5) is 5.33. The third-order valence-electron chi connectivity index (χ3n) is 2.10. The van der Waals surface area contributed by atoms with Gasteiger partial charge in [0, 0.05) is 21.1 Å². The molecule has 0 aliphatic rings. The molecule has 3 nitrogen and oxygen atoms in total. The Kier molecular flexibility index (Phi) is 3.81. The number of nitrogens with two attached hydrogens (primary N) is 1. The molecule has 0 atom stereocenters. The summed E-state index contributed by atoms with van der Waals surface area (Å²) >= 11 is 5.02. The fourth-order valence-corrected chi connectivity index (χ4v) is 2.64. The van der Waals surface area contributed by atoms with E-state index in [0.29, 0.717) is 5.56 Å². The molecular weight excluding hydrogens is 298 g/mol. The zero-order valence-corrected chi connectivity index (χ0v) is 11.3. The van der Waals surface area contributed by atoms with Crippen LogP contribution in [0.4, 0.5) is 0 Å². The largest absolute Gasteiger partial charge is 0.384 e. The second kappa shape index (κ2) is 5.33. The van der Waals surface area contributed by atoms with Gasteiger partial charge in [0.2, 0.25) is 0 Å². The molecule has 0 spiro atoms. The number of aromatic nitrogens is 1. The lowest BCUT2D eigenvalue weighted by Gasteiger charge is -2.04. The first-order valence-corrected chi connectivity index (χ1v) is 6.50. The van der Waals surface area contributed by atoms with Crippen molar-refractivity contribution >= 4 is 33.5 Å². The number of hydrogen-bond donors (Lipinski definition) is 2. The number of rotatable bonds is 3. The van der Waals surface area contributed by atoms with Crippen LogP contribution in [0.3, 0.4) is 0 Å². The second-order valence-electron chi connectivity index (χ2n) is 3.33. The normalized spacial score (nSPS) is 10.2. The van der Waals surface area contributed by atoms with Gasteiger partial charge in [-0.2, -0.15) is 0 Å². The summed E-state index contributed by atoms with van der Waals surface area (Å²) in [6.45, 7) is 0. The van der Waals surface area contributed by atoms with Crippen molar-refractivity contribution in [3.8, 4) is 0 Å². The Bertz CT molecular complexity index is 557. The van der Waals surface area contributed by atoms with Gasteiger partial charge in [0.25, 0.3) is 0 Å². The molecular formula is C12H10BrN3S. The van der Waals surface area contributed by atoms with Crippen molar-refractivity contribution < 1.29 is 0 Å². The average Bonchev–Trinajstić information content (AvgIpc) is 2.32. The molecule has 0 saturated carbocycles. The molecule has 0 bridgehead atoms. The number of benzene rings is 1. The van der Waals surface area contributed by atoms with Crippen molar-refractivity contribution in [2.75, 3.05) is 0 Å². The highest BCUT2D eigenvalue weighted by Crippen LogP contribution is 2.32. The quantitative estimate of drug-likeness (QED) is 0.675. The maximum atomic E-state index is 7.39.